The van der Waals surface area contributed by atoms with Crippen molar-refractivity contribution in [2.24, 2.45) is 0 Å². The molecule has 0 aliphatic carbocycles. The van der Waals surface area contributed by atoms with Gasteiger partial charge in [0.2, 0.25) is 10.0 Å². The Kier molecular flexibility index (Phi) is 10.6. The van der Waals surface area contributed by atoms with Gasteiger partial charge in [-0.15, -0.1) is 0 Å². The summed E-state index contributed by atoms with van der Waals surface area (Å²) in [6.07, 6.45) is 5.97. The summed E-state index contributed by atoms with van der Waals surface area (Å²) in [7, 11) is -2.62. The highest BCUT2D eigenvalue weighted by atomic mass is 35.5. The van der Waals surface area contributed by atoms with Gasteiger partial charge in [-0.1, -0.05) is 49.3 Å². The van der Waals surface area contributed by atoms with Crippen molar-refractivity contribution in [1.82, 2.24) is 14.3 Å². The van der Waals surface area contributed by atoms with E-state index >= 15 is 4.39 Å². The molecule has 5 aromatic rings. The fourth-order valence-electron chi connectivity index (χ4n) is 5.06. The van der Waals surface area contributed by atoms with E-state index in [1.165, 1.54) is 43.1 Å². The van der Waals surface area contributed by atoms with Gasteiger partial charge in [-0.2, -0.15) is 0 Å². The Morgan fingerprint density at radius 1 is 1.00 bits per heavy atom. The summed E-state index contributed by atoms with van der Waals surface area (Å²) in [5.74, 6) is -1.57. The van der Waals surface area contributed by atoms with Crippen LogP contribution < -0.4 is 14.0 Å². The molecule has 13 heteroatoms. The summed E-state index contributed by atoms with van der Waals surface area (Å²) in [5, 5.41) is 0.412. The first-order valence-corrected chi connectivity index (χ1v) is 17.5. The number of aryl methyl sites for hydroxylation is 1. The first-order valence-electron chi connectivity index (χ1n) is 14.6. The third-order valence-corrected chi connectivity index (χ3v) is 10.5. The standard InChI is InChI=1S/C34H33ClF3N4O3S2/c1-34(2,23-8-13-29(37)31(18-23)45-3)32-21-39-33(42(32)25-11-9-24(36)10-12-25)46-22-27-28(35)19-26(20-30(27)38)47(43,44)40-14-7-17-41-15-5-4-6-16-41/h4-6,8-13,15-16,18-21,40H,7,14,17,22H2,1-3H3/q+1. The van der Waals surface area contributed by atoms with E-state index in [-0.39, 0.29) is 33.5 Å². The van der Waals surface area contributed by atoms with Crippen LogP contribution in [-0.4, -0.2) is 31.6 Å². The van der Waals surface area contributed by atoms with Crippen LogP contribution in [0.2, 0.25) is 5.02 Å². The molecule has 0 saturated heterocycles. The van der Waals surface area contributed by atoms with Crippen molar-refractivity contribution in [3.05, 3.63) is 131 Å². The molecule has 0 atom stereocenters. The summed E-state index contributed by atoms with van der Waals surface area (Å²) in [4.78, 5) is 4.34. The molecule has 0 radical (unpaired) electrons. The van der Waals surface area contributed by atoms with Gasteiger partial charge in [-0.3, -0.25) is 4.57 Å². The molecule has 0 bridgehead atoms. The minimum Gasteiger partial charge on any atom is -0.494 e. The first kappa shape index (κ1) is 34.5. The third kappa shape index (κ3) is 7.83. The van der Waals surface area contributed by atoms with E-state index < -0.39 is 32.9 Å². The molecular formula is C34H33ClF3N4O3S2+. The number of methoxy groups -OCH3 is 1. The number of nitrogens with zero attached hydrogens (tertiary/aromatic N) is 3. The number of thioether (sulfide) groups is 1. The second-order valence-electron chi connectivity index (χ2n) is 11.2. The van der Waals surface area contributed by atoms with Crippen LogP contribution in [0.1, 0.15) is 37.1 Å². The number of aromatic nitrogens is 3. The van der Waals surface area contributed by atoms with E-state index in [1.807, 2.05) is 53.6 Å². The fourth-order valence-corrected chi connectivity index (χ4v) is 7.61. The van der Waals surface area contributed by atoms with Crippen LogP contribution >= 0.6 is 23.4 Å². The van der Waals surface area contributed by atoms with Crippen LogP contribution in [0, 0.1) is 17.5 Å². The van der Waals surface area contributed by atoms with Crippen molar-refractivity contribution in [2.45, 2.75) is 48.0 Å². The lowest BCUT2D eigenvalue weighted by Gasteiger charge is -2.28. The minimum atomic E-state index is -4.01. The lowest BCUT2D eigenvalue weighted by Crippen LogP contribution is -2.35. The normalized spacial score (nSPS) is 12.0. The average Bonchev–Trinajstić information content (AvgIpc) is 3.48. The quantitative estimate of drug-likeness (QED) is 0.0797. The van der Waals surface area contributed by atoms with Gasteiger partial charge in [0.15, 0.2) is 29.1 Å². The Morgan fingerprint density at radius 2 is 1.72 bits per heavy atom. The van der Waals surface area contributed by atoms with Crippen LogP contribution in [0.25, 0.3) is 5.69 Å². The zero-order chi connectivity index (χ0) is 33.8. The second kappa shape index (κ2) is 14.5. The smallest absolute Gasteiger partial charge is 0.240 e. The Balaban J connectivity index is 1.38. The maximum absolute atomic E-state index is 15.4. The van der Waals surface area contributed by atoms with Crippen molar-refractivity contribution in [1.29, 1.82) is 0 Å². The summed E-state index contributed by atoms with van der Waals surface area (Å²) >= 11 is 7.64. The summed E-state index contributed by atoms with van der Waals surface area (Å²) in [6, 6.07) is 18.3. The van der Waals surface area contributed by atoms with Gasteiger partial charge < -0.3 is 4.74 Å². The highest BCUT2D eigenvalue weighted by Crippen LogP contribution is 2.39. The zero-order valence-electron chi connectivity index (χ0n) is 25.9. The van der Waals surface area contributed by atoms with E-state index in [1.54, 1.807) is 30.5 Å². The van der Waals surface area contributed by atoms with E-state index in [4.69, 9.17) is 16.3 Å². The highest BCUT2D eigenvalue weighted by molar-refractivity contribution is 7.98. The number of halogens is 4. The molecule has 3 aromatic carbocycles. The average molecular weight is 702 g/mol. The second-order valence-corrected chi connectivity index (χ2v) is 14.3. The molecule has 0 aliphatic heterocycles. The molecule has 0 spiro atoms. The number of hydrogen-bond donors (Lipinski definition) is 1. The topological polar surface area (TPSA) is 77.1 Å². The van der Waals surface area contributed by atoms with Gasteiger partial charge in [-0.05, 0) is 54.1 Å². The van der Waals surface area contributed by atoms with Crippen LogP contribution in [0.4, 0.5) is 13.2 Å². The van der Waals surface area contributed by atoms with Crippen LogP contribution in [0.5, 0.6) is 5.75 Å². The SMILES string of the molecule is COc1cc(C(C)(C)c2cnc(SCc3c(F)cc(S(=O)(=O)NCCC[n+]4ccccc4)cc3Cl)n2-c2ccc(F)cc2)ccc1F. The van der Waals surface area contributed by atoms with Gasteiger partial charge in [-0.25, -0.2) is 35.9 Å². The number of hydrogen-bond acceptors (Lipinski definition) is 5. The van der Waals surface area contributed by atoms with Gasteiger partial charge in [0, 0.05) is 52.5 Å². The van der Waals surface area contributed by atoms with E-state index in [2.05, 4.69) is 9.71 Å². The monoisotopic (exact) mass is 701 g/mol. The van der Waals surface area contributed by atoms with Gasteiger partial charge >= 0.3 is 0 Å². The molecular weight excluding hydrogens is 669 g/mol. The van der Waals surface area contributed by atoms with E-state index in [0.29, 0.717) is 29.5 Å². The molecule has 246 valence electrons. The number of sulfonamides is 1. The lowest BCUT2D eigenvalue weighted by molar-refractivity contribution is -0.697. The molecule has 7 nitrogen and oxygen atoms in total. The van der Waals surface area contributed by atoms with Gasteiger partial charge in [0.1, 0.15) is 18.2 Å². The number of ether oxygens (including phenoxy) is 1. The van der Waals surface area contributed by atoms with E-state index in [9.17, 15) is 17.2 Å². The Hall–Kier alpha value is -3.84. The predicted molar refractivity (Wildman–Crippen MR) is 176 cm³/mol. The molecule has 0 saturated carbocycles. The number of imidazole rings is 1. The zero-order valence-corrected chi connectivity index (χ0v) is 28.3. The number of rotatable bonds is 13. The molecule has 0 fully saturated rings. The molecule has 0 aliphatic rings. The maximum Gasteiger partial charge on any atom is 0.240 e. The highest BCUT2D eigenvalue weighted by Gasteiger charge is 2.31. The Morgan fingerprint density at radius 3 is 2.40 bits per heavy atom. The molecule has 2 aromatic heterocycles. The van der Waals surface area contributed by atoms with Crippen molar-refractivity contribution < 1.29 is 30.9 Å². The Bertz CT molecular complexity index is 1950. The van der Waals surface area contributed by atoms with Crippen molar-refractivity contribution in [2.75, 3.05) is 13.7 Å². The molecule has 2 heterocycles. The number of benzene rings is 3. The van der Waals surface area contributed by atoms with Crippen molar-refractivity contribution >= 4 is 33.4 Å². The van der Waals surface area contributed by atoms with Crippen LogP contribution in [-0.2, 0) is 27.7 Å². The first-order chi connectivity index (χ1) is 22.4. The third-order valence-electron chi connectivity index (χ3n) is 7.76. The van der Waals surface area contributed by atoms with Crippen molar-refractivity contribution in [3.63, 3.8) is 0 Å². The minimum absolute atomic E-state index is 0.0230. The van der Waals surface area contributed by atoms with Gasteiger partial charge in [0.25, 0.3) is 0 Å². The molecule has 47 heavy (non-hydrogen) atoms. The molecule has 5 rings (SSSR count). The molecule has 1 N–H and O–H groups in total. The molecule has 0 amide bonds. The van der Waals surface area contributed by atoms with Gasteiger partial charge in [0.05, 0.1) is 23.9 Å². The largest absolute Gasteiger partial charge is 0.494 e. The van der Waals surface area contributed by atoms with Crippen LogP contribution in [0.3, 0.4) is 0 Å². The number of nitrogens with one attached hydrogen (secondary N) is 1. The summed E-state index contributed by atoms with van der Waals surface area (Å²) in [6.45, 7) is 4.65. The van der Waals surface area contributed by atoms with Crippen LogP contribution in [0.15, 0.2) is 101 Å². The predicted octanol–water partition coefficient (Wildman–Crippen LogP) is 7.23. The Labute approximate surface area is 281 Å². The molecule has 0 unspecified atom stereocenters. The fraction of sp³-hybridized carbons (Fsp3) is 0.235. The number of pyridine rings is 1. The van der Waals surface area contributed by atoms with E-state index in [0.717, 1.165) is 11.6 Å². The summed E-state index contributed by atoms with van der Waals surface area (Å²) in [5.41, 5.74) is 1.42. The van der Waals surface area contributed by atoms with Crippen molar-refractivity contribution in [3.8, 4) is 11.4 Å². The maximum atomic E-state index is 15.4. The lowest BCUT2D eigenvalue weighted by atomic mass is 9.81. The summed E-state index contributed by atoms with van der Waals surface area (Å²) < 4.78 is 80.9.